The molecule has 64 heavy (non-hydrogen) atoms. The summed E-state index contributed by atoms with van der Waals surface area (Å²) < 4.78 is 33.9. The van der Waals surface area contributed by atoms with Crippen LogP contribution in [0.2, 0.25) is 0 Å². The van der Waals surface area contributed by atoms with Crippen molar-refractivity contribution < 1.29 is 42.1 Å². The number of ether oxygens (including phenoxy) is 2. The molecule has 0 rings (SSSR count). The number of phosphoric acid groups is 1. The summed E-state index contributed by atoms with van der Waals surface area (Å²) in [6, 6.07) is 0. The number of phosphoric ester groups is 1. The van der Waals surface area contributed by atoms with Crippen LogP contribution in [0, 0.1) is 0 Å². The van der Waals surface area contributed by atoms with E-state index in [1.165, 1.54) is 89.9 Å². The average molecular weight is 916 g/mol. The van der Waals surface area contributed by atoms with E-state index in [9.17, 15) is 19.0 Å². The Morgan fingerprint density at radius 1 is 0.500 bits per heavy atom. The number of esters is 2. The summed E-state index contributed by atoms with van der Waals surface area (Å²) in [4.78, 5) is 37.7. The molecule has 0 radical (unpaired) electrons. The van der Waals surface area contributed by atoms with E-state index in [4.69, 9.17) is 18.5 Å². The highest BCUT2D eigenvalue weighted by atomic mass is 31.2. The predicted octanol–water partition coefficient (Wildman–Crippen LogP) is 14.5. The molecule has 10 heteroatoms. The fourth-order valence-corrected chi connectivity index (χ4v) is 7.21. The first kappa shape index (κ1) is 61.2. The third-order valence-corrected chi connectivity index (χ3v) is 11.4. The minimum atomic E-state index is -4.65. The number of carbonyl (C=O) groups excluding carboxylic acids is 2. The summed E-state index contributed by atoms with van der Waals surface area (Å²) in [6.45, 7) is 4.03. The second-order valence-corrected chi connectivity index (χ2v) is 19.2. The summed E-state index contributed by atoms with van der Waals surface area (Å²) in [5.41, 5.74) is 0. The van der Waals surface area contributed by atoms with Gasteiger partial charge in [0.2, 0.25) is 0 Å². The maximum atomic E-state index is 12.7. The van der Waals surface area contributed by atoms with E-state index >= 15 is 0 Å². The van der Waals surface area contributed by atoms with E-state index in [0.29, 0.717) is 23.9 Å². The number of unbranched alkanes of at least 4 members (excludes halogenated alkanes) is 17. The molecule has 0 aromatic heterocycles. The zero-order valence-corrected chi connectivity index (χ0v) is 42.3. The van der Waals surface area contributed by atoms with E-state index in [1.807, 2.05) is 27.2 Å². The molecule has 368 valence electrons. The lowest BCUT2D eigenvalue weighted by molar-refractivity contribution is -0.870. The van der Waals surface area contributed by atoms with Gasteiger partial charge in [0.05, 0.1) is 27.7 Å². The van der Waals surface area contributed by atoms with Crippen molar-refractivity contribution in [3.8, 4) is 0 Å². The summed E-state index contributed by atoms with van der Waals surface area (Å²) >= 11 is 0. The fourth-order valence-electron chi connectivity index (χ4n) is 6.49. The largest absolute Gasteiger partial charge is 0.756 e. The number of hydrogen-bond acceptors (Lipinski definition) is 8. The third-order valence-electron chi connectivity index (χ3n) is 10.4. The first-order valence-electron chi connectivity index (χ1n) is 25.3. The molecule has 0 aliphatic rings. The second-order valence-electron chi connectivity index (χ2n) is 17.8. The molecule has 0 N–H and O–H groups in total. The van der Waals surface area contributed by atoms with Crippen molar-refractivity contribution in [2.45, 2.75) is 200 Å². The summed E-state index contributed by atoms with van der Waals surface area (Å²) in [5, 5.41) is 0. The normalized spacial score (nSPS) is 14.2. The van der Waals surface area contributed by atoms with Crippen LogP contribution in [0.5, 0.6) is 0 Å². The molecule has 2 unspecified atom stereocenters. The number of hydrogen-bond donors (Lipinski definition) is 0. The Kier molecular flexibility index (Phi) is 43.4. The lowest BCUT2D eigenvalue weighted by Crippen LogP contribution is -2.37. The Bertz CT molecular complexity index is 1360. The highest BCUT2D eigenvalue weighted by molar-refractivity contribution is 7.45. The molecule has 0 fully saturated rings. The highest BCUT2D eigenvalue weighted by Crippen LogP contribution is 2.38. The van der Waals surface area contributed by atoms with Gasteiger partial charge in [-0.15, -0.1) is 0 Å². The first-order valence-corrected chi connectivity index (χ1v) is 26.8. The van der Waals surface area contributed by atoms with Crippen LogP contribution in [0.1, 0.15) is 194 Å². The Labute approximate surface area is 392 Å². The molecular formula is C54H94NO8P. The van der Waals surface area contributed by atoms with Gasteiger partial charge in [0.15, 0.2) is 6.10 Å². The van der Waals surface area contributed by atoms with Gasteiger partial charge in [0.25, 0.3) is 7.82 Å². The van der Waals surface area contributed by atoms with Crippen LogP contribution in [0.3, 0.4) is 0 Å². The van der Waals surface area contributed by atoms with Crippen LogP contribution >= 0.6 is 7.82 Å². The molecule has 0 saturated heterocycles. The smallest absolute Gasteiger partial charge is 0.306 e. The van der Waals surface area contributed by atoms with E-state index in [1.54, 1.807) is 0 Å². The van der Waals surface area contributed by atoms with Crippen molar-refractivity contribution in [3.05, 3.63) is 85.1 Å². The molecule has 0 aliphatic carbocycles. The number of allylic oxidation sites excluding steroid dienone is 14. The minimum Gasteiger partial charge on any atom is -0.756 e. The first-order chi connectivity index (χ1) is 31.0. The van der Waals surface area contributed by atoms with Crippen LogP contribution in [0.15, 0.2) is 85.1 Å². The van der Waals surface area contributed by atoms with Gasteiger partial charge in [0.1, 0.15) is 19.8 Å². The van der Waals surface area contributed by atoms with E-state index in [0.717, 1.165) is 64.2 Å². The van der Waals surface area contributed by atoms with Crippen LogP contribution in [-0.4, -0.2) is 70.0 Å². The number of quaternary nitrogens is 1. The Balaban J connectivity index is 4.32. The summed E-state index contributed by atoms with van der Waals surface area (Å²) in [6.07, 6.45) is 59.1. The van der Waals surface area contributed by atoms with Crippen molar-refractivity contribution in [2.24, 2.45) is 0 Å². The monoisotopic (exact) mass is 916 g/mol. The van der Waals surface area contributed by atoms with E-state index in [2.05, 4.69) is 92.8 Å². The van der Waals surface area contributed by atoms with Gasteiger partial charge in [-0.25, -0.2) is 0 Å². The van der Waals surface area contributed by atoms with Crippen molar-refractivity contribution in [1.29, 1.82) is 0 Å². The molecule has 0 heterocycles. The highest BCUT2D eigenvalue weighted by Gasteiger charge is 2.21. The lowest BCUT2D eigenvalue weighted by atomic mass is 10.0. The molecule has 0 aromatic rings. The standard InChI is InChI=1S/C54H94NO8P/c1-6-8-10-12-14-16-18-20-22-24-25-26-27-28-29-31-32-34-36-38-40-42-44-46-53(56)60-50-52(51-62-64(58,59)61-49-48-55(3,4)5)63-54(57)47-45-43-41-39-37-35-33-30-23-21-19-17-15-13-11-9-7-2/h9,11,15,17-18,20-21,23-25,33,35,39,41,52H,6-8,10,12-14,16,19,22,26-32,34,36-38,40,42-51H2,1-5H3/b11-9-,17-15-,20-18-,23-21-,25-24-,35-33-,41-39-. The number of nitrogens with zero attached hydrogens (tertiary/aromatic N) is 1. The van der Waals surface area contributed by atoms with Crippen LogP contribution in [0.4, 0.5) is 0 Å². The Morgan fingerprint density at radius 3 is 1.38 bits per heavy atom. The van der Waals surface area contributed by atoms with Crippen molar-refractivity contribution in [1.82, 2.24) is 0 Å². The van der Waals surface area contributed by atoms with Gasteiger partial charge in [-0.3, -0.25) is 14.2 Å². The zero-order valence-electron chi connectivity index (χ0n) is 41.4. The van der Waals surface area contributed by atoms with Gasteiger partial charge in [0, 0.05) is 12.8 Å². The van der Waals surface area contributed by atoms with Gasteiger partial charge in [-0.2, -0.15) is 0 Å². The molecule has 2 atom stereocenters. The van der Waals surface area contributed by atoms with Crippen LogP contribution in [-0.2, 0) is 32.7 Å². The van der Waals surface area contributed by atoms with Crippen LogP contribution < -0.4 is 4.89 Å². The fraction of sp³-hybridized carbons (Fsp3) is 0.704. The van der Waals surface area contributed by atoms with E-state index < -0.39 is 32.5 Å². The van der Waals surface area contributed by atoms with Crippen molar-refractivity contribution in [3.63, 3.8) is 0 Å². The molecule has 0 aliphatic heterocycles. The van der Waals surface area contributed by atoms with Crippen LogP contribution in [0.25, 0.3) is 0 Å². The van der Waals surface area contributed by atoms with Crippen molar-refractivity contribution in [2.75, 3.05) is 47.5 Å². The molecule has 0 spiro atoms. The topological polar surface area (TPSA) is 111 Å². The Hall–Kier alpha value is -2.81. The molecule has 0 bridgehead atoms. The lowest BCUT2D eigenvalue weighted by Gasteiger charge is -2.28. The third kappa shape index (κ3) is 48.6. The van der Waals surface area contributed by atoms with Gasteiger partial charge < -0.3 is 27.9 Å². The van der Waals surface area contributed by atoms with Gasteiger partial charge in [-0.1, -0.05) is 182 Å². The van der Waals surface area contributed by atoms with Gasteiger partial charge >= 0.3 is 11.9 Å². The Morgan fingerprint density at radius 2 is 0.906 bits per heavy atom. The second kappa shape index (κ2) is 45.4. The molecule has 9 nitrogen and oxygen atoms in total. The SMILES string of the molecule is CC/C=C\C/C=C\C/C=C\C/C=C\C/C=C\CCCC(=O)OC(COC(=O)CCCCCCCCCCCCC/C=C\C/C=C\CCCCCCC)COP(=O)([O-])OCC[N+](C)(C)C. The summed E-state index contributed by atoms with van der Waals surface area (Å²) in [5.74, 6) is -0.909. The maximum absolute atomic E-state index is 12.7. The van der Waals surface area contributed by atoms with E-state index in [-0.39, 0.29) is 26.1 Å². The quantitative estimate of drug-likeness (QED) is 0.0195. The molecule has 0 saturated carbocycles. The maximum Gasteiger partial charge on any atom is 0.306 e. The summed E-state index contributed by atoms with van der Waals surface area (Å²) in [7, 11) is 1.12. The number of likely N-dealkylation sites (N-methyl/N-ethyl adjacent to an activating group) is 1. The predicted molar refractivity (Wildman–Crippen MR) is 268 cm³/mol. The minimum absolute atomic E-state index is 0.0458. The molecule has 0 aromatic carbocycles. The molecular weight excluding hydrogens is 822 g/mol. The zero-order chi connectivity index (χ0) is 47.1. The van der Waals surface area contributed by atoms with Gasteiger partial charge in [-0.05, 0) is 83.5 Å². The molecule has 0 amide bonds. The number of carbonyl (C=O) groups is 2. The average Bonchev–Trinajstić information content (AvgIpc) is 3.25. The van der Waals surface area contributed by atoms with Crippen molar-refractivity contribution >= 4 is 19.8 Å². The number of rotatable bonds is 45.